The van der Waals surface area contributed by atoms with Gasteiger partial charge >= 0.3 is 6.09 Å². The van der Waals surface area contributed by atoms with Crippen LogP contribution in [0.2, 0.25) is 0 Å². The molecule has 3 aliphatic rings. The first kappa shape index (κ1) is 25.2. The van der Waals surface area contributed by atoms with Gasteiger partial charge < -0.3 is 41.2 Å². The van der Waals surface area contributed by atoms with Crippen LogP contribution in [-0.4, -0.2) is 103 Å². The molecule has 0 aliphatic carbocycles. The number of methoxy groups -OCH3 is 1. The molecule has 31 heavy (non-hydrogen) atoms. The van der Waals surface area contributed by atoms with Crippen LogP contribution in [0, 0.1) is 0 Å². The molecule has 1 aromatic rings. The average Bonchev–Trinajstić information content (AvgIpc) is 3.26. The molecular formula is C21H38N6O4. The fraction of sp³-hybridized carbons (Fsp3) is 0.667. The van der Waals surface area contributed by atoms with Crippen molar-refractivity contribution in [2.45, 2.75) is 6.10 Å². The Morgan fingerprint density at radius 3 is 2.16 bits per heavy atom. The Hall–Kier alpha value is -2.11. The molecule has 10 nitrogen and oxygen atoms in total. The van der Waals surface area contributed by atoms with E-state index in [-0.39, 0.29) is 6.10 Å². The van der Waals surface area contributed by atoms with Gasteiger partial charge in [-0.05, 0) is 12.1 Å². The minimum absolute atomic E-state index is 0.239. The Morgan fingerprint density at radius 1 is 1.03 bits per heavy atom. The van der Waals surface area contributed by atoms with Crippen molar-refractivity contribution in [1.29, 1.82) is 0 Å². The summed E-state index contributed by atoms with van der Waals surface area (Å²) in [5, 5.41) is 12.3. The van der Waals surface area contributed by atoms with Gasteiger partial charge in [0.25, 0.3) is 0 Å². The Balaban J connectivity index is 0.000000190. The first-order valence-corrected chi connectivity index (χ1v) is 11.0. The van der Waals surface area contributed by atoms with Gasteiger partial charge in [0.2, 0.25) is 0 Å². The Kier molecular flexibility index (Phi) is 12.7. The molecule has 0 bridgehead atoms. The van der Waals surface area contributed by atoms with Gasteiger partial charge in [0.1, 0.15) is 6.61 Å². The summed E-state index contributed by atoms with van der Waals surface area (Å²) in [5.41, 5.74) is 5.40. The smallest absolute Gasteiger partial charge is 0.407 e. The SMILES string of the molecule is C1CNCCN1.COc1ccccc1OCC1CNC(=O)O1.NCCN1CCNCC1. The van der Waals surface area contributed by atoms with Crippen LogP contribution < -0.4 is 36.5 Å². The highest BCUT2D eigenvalue weighted by atomic mass is 16.6. The van der Waals surface area contributed by atoms with E-state index in [2.05, 4.69) is 26.2 Å². The van der Waals surface area contributed by atoms with Crippen molar-refractivity contribution in [3.63, 3.8) is 0 Å². The number of carbonyl (C=O) groups excluding carboxylic acids is 1. The monoisotopic (exact) mass is 438 g/mol. The Bertz CT molecular complexity index is 597. The number of cyclic esters (lactones) is 1. The maximum Gasteiger partial charge on any atom is 0.407 e. The number of rotatable bonds is 6. The lowest BCUT2D eigenvalue weighted by atomic mass is 10.3. The minimum atomic E-state index is -0.395. The van der Waals surface area contributed by atoms with E-state index in [9.17, 15) is 4.79 Å². The third-order valence-electron chi connectivity index (χ3n) is 4.85. The van der Waals surface area contributed by atoms with Crippen molar-refractivity contribution in [2.24, 2.45) is 5.73 Å². The molecule has 3 heterocycles. The summed E-state index contributed by atoms with van der Waals surface area (Å²) in [6.07, 6.45) is -0.633. The minimum Gasteiger partial charge on any atom is -0.493 e. The molecular weight excluding hydrogens is 400 g/mol. The van der Waals surface area contributed by atoms with Crippen LogP contribution in [0.1, 0.15) is 0 Å². The fourth-order valence-corrected chi connectivity index (χ4v) is 3.17. The van der Waals surface area contributed by atoms with E-state index in [1.54, 1.807) is 7.11 Å². The summed E-state index contributed by atoms with van der Waals surface area (Å²) in [6.45, 7) is 11.8. The van der Waals surface area contributed by atoms with Gasteiger partial charge in [-0.1, -0.05) is 12.1 Å². The summed E-state index contributed by atoms with van der Waals surface area (Å²) >= 11 is 0. The third-order valence-corrected chi connectivity index (χ3v) is 4.85. The quantitative estimate of drug-likeness (QED) is 0.389. The van der Waals surface area contributed by atoms with Crippen LogP contribution in [0.25, 0.3) is 0 Å². The highest BCUT2D eigenvalue weighted by molar-refractivity contribution is 5.69. The standard InChI is InChI=1S/C11H13NO4.C6H15N3.C4H10N2/c1-14-9-4-2-3-5-10(9)15-7-8-6-12-11(13)16-8;7-1-4-9-5-2-8-3-6-9;1-2-6-4-3-5-1/h2-5,8H,6-7H2,1H3,(H,12,13);8H,1-7H2;5-6H,1-4H2. The number of nitrogens with one attached hydrogen (secondary N) is 4. The number of piperazine rings is 2. The lowest BCUT2D eigenvalue weighted by molar-refractivity contribution is 0.103. The molecule has 10 heteroatoms. The van der Waals surface area contributed by atoms with Crippen LogP contribution >= 0.6 is 0 Å². The van der Waals surface area contributed by atoms with Crippen molar-refractivity contribution in [1.82, 2.24) is 26.2 Å². The highest BCUT2D eigenvalue weighted by Gasteiger charge is 2.23. The van der Waals surface area contributed by atoms with Gasteiger partial charge in [0, 0.05) is 65.4 Å². The second-order valence-corrected chi connectivity index (χ2v) is 7.25. The van der Waals surface area contributed by atoms with Gasteiger partial charge in [-0.2, -0.15) is 0 Å². The number of para-hydroxylation sites is 2. The molecule has 0 aromatic heterocycles. The summed E-state index contributed by atoms with van der Waals surface area (Å²) < 4.78 is 15.6. The van der Waals surface area contributed by atoms with Crippen molar-refractivity contribution in [3.8, 4) is 11.5 Å². The summed E-state index contributed by atoms with van der Waals surface area (Å²) in [7, 11) is 1.58. The van der Waals surface area contributed by atoms with E-state index in [1.807, 2.05) is 24.3 Å². The normalized spacial score (nSPS) is 20.8. The molecule has 3 fully saturated rings. The largest absolute Gasteiger partial charge is 0.493 e. The van der Waals surface area contributed by atoms with Gasteiger partial charge in [-0.15, -0.1) is 0 Å². The zero-order valence-electron chi connectivity index (χ0n) is 18.5. The zero-order chi connectivity index (χ0) is 22.2. The maximum atomic E-state index is 10.8. The number of benzene rings is 1. The molecule has 1 unspecified atom stereocenters. The van der Waals surface area contributed by atoms with Crippen LogP contribution in [0.3, 0.4) is 0 Å². The van der Waals surface area contributed by atoms with Gasteiger partial charge in [-0.3, -0.25) is 4.90 Å². The summed E-state index contributed by atoms with van der Waals surface area (Å²) in [6, 6.07) is 7.34. The van der Waals surface area contributed by atoms with Gasteiger partial charge in [-0.25, -0.2) is 4.79 Å². The predicted octanol–water partition coefficient (Wildman–Crippen LogP) is -0.788. The van der Waals surface area contributed by atoms with Crippen molar-refractivity contribution < 1.29 is 19.0 Å². The first-order valence-electron chi connectivity index (χ1n) is 11.0. The summed E-state index contributed by atoms with van der Waals surface area (Å²) in [4.78, 5) is 13.2. The molecule has 1 aromatic carbocycles. The summed E-state index contributed by atoms with van der Waals surface area (Å²) in [5.74, 6) is 1.31. The van der Waals surface area contributed by atoms with Crippen LogP contribution in [0.4, 0.5) is 4.79 Å². The van der Waals surface area contributed by atoms with E-state index in [0.717, 1.165) is 65.4 Å². The Morgan fingerprint density at radius 2 is 1.65 bits per heavy atom. The number of nitrogens with two attached hydrogens (primary N) is 1. The highest BCUT2D eigenvalue weighted by Crippen LogP contribution is 2.26. The molecule has 4 rings (SSSR count). The lowest BCUT2D eigenvalue weighted by Gasteiger charge is -2.26. The van der Waals surface area contributed by atoms with E-state index in [4.69, 9.17) is 19.9 Å². The molecule has 176 valence electrons. The topological polar surface area (TPSA) is 122 Å². The third kappa shape index (κ3) is 10.7. The van der Waals surface area contributed by atoms with Gasteiger partial charge in [0.05, 0.1) is 13.7 Å². The van der Waals surface area contributed by atoms with E-state index in [1.165, 1.54) is 0 Å². The van der Waals surface area contributed by atoms with Crippen molar-refractivity contribution in [3.05, 3.63) is 24.3 Å². The molecule has 6 N–H and O–H groups in total. The molecule has 1 amide bonds. The fourth-order valence-electron chi connectivity index (χ4n) is 3.17. The van der Waals surface area contributed by atoms with Gasteiger partial charge in [0.15, 0.2) is 17.6 Å². The van der Waals surface area contributed by atoms with Crippen LogP contribution in [-0.2, 0) is 4.74 Å². The maximum absolute atomic E-state index is 10.8. The second kappa shape index (κ2) is 15.7. The molecule has 0 spiro atoms. The number of hydrogen-bond acceptors (Lipinski definition) is 9. The van der Waals surface area contributed by atoms with Crippen LogP contribution in [0.15, 0.2) is 24.3 Å². The Labute approximate surface area is 185 Å². The van der Waals surface area contributed by atoms with Crippen molar-refractivity contribution in [2.75, 3.05) is 85.7 Å². The van der Waals surface area contributed by atoms with E-state index in [0.29, 0.717) is 24.7 Å². The number of alkyl carbamates (subject to hydrolysis) is 1. The molecule has 3 saturated heterocycles. The number of amides is 1. The van der Waals surface area contributed by atoms with E-state index >= 15 is 0 Å². The molecule has 3 aliphatic heterocycles. The number of carbonyl (C=O) groups is 1. The first-order chi connectivity index (χ1) is 15.2. The number of hydrogen-bond donors (Lipinski definition) is 5. The molecule has 0 saturated carbocycles. The predicted molar refractivity (Wildman–Crippen MR) is 121 cm³/mol. The number of nitrogens with zero attached hydrogens (tertiary/aromatic N) is 1. The molecule has 1 atom stereocenters. The van der Waals surface area contributed by atoms with Crippen molar-refractivity contribution >= 4 is 6.09 Å². The van der Waals surface area contributed by atoms with Crippen LogP contribution in [0.5, 0.6) is 11.5 Å². The number of ether oxygens (including phenoxy) is 3. The average molecular weight is 439 g/mol. The van der Waals surface area contributed by atoms with E-state index < -0.39 is 6.09 Å². The molecule has 0 radical (unpaired) electrons. The lowest BCUT2D eigenvalue weighted by Crippen LogP contribution is -2.45. The second-order valence-electron chi connectivity index (χ2n) is 7.25. The zero-order valence-corrected chi connectivity index (χ0v) is 18.5.